The average molecular weight is 589 g/mol. The topological polar surface area (TPSA) is 39.7 Å². The van der Waals surface area contributed by atoms with Crippen LogP contribution >= 0.6 is 31.9 Å². The fraction of sp³-hybridized carbons (Fsp3) is 0.357. The Kier molecular flexibility index (Phi) is 10.0. The first-order chi connectivity index (χ1) is 16.7. The van der Waals surface area contributed by atoms with E-state index in [0.29, 0.717) is 32.3 Å². The van der Waals surface area contributed by atoms with Gasteiger partial charge in [-0.15, -0.1) is 0 Å². The Balaban J connectivity index is 1.22. The second-order valence-corrected chi connectivity index (χ2v) is 10.4. The largest absolute Gasteiger partial charge is 0.494 e. The van der Waals surface area contributed by atoms with Gasteiger partial charge in [0.2, 0.25) is 0 Å². The van der Waals surface area contributed by atoms with Crippen LogP contribution in [0.4, 0.5) is 0 Å². The van der Waals surface area contributed by atoms with E-state index in [1.54, 1.807) is 0 Å². The Morgan fingerprint density at radius 3 is 2.35 bits per heavy atom. The fourth-order valence-corrected chi connectivity index (χ4v) is 5.60. The van der Waals surface area contributed by atoms with Gasteiger partial charge in [-0.1, -0.05) is 74.3 Å². The van der Waals surface area contributed by atoms with Gasteiger partial charge in [0.05, 0.1) is 32.5 Å². The number of rotatable bonds is 11. The molecule has 6 heteroatoms. The lowest BCUT2D eigenvalue weighted by Gasteiger charge is -2.32. The Morgan fingerprint density at radius 1 is 0.824 bits per heavy atom. The maximum absolute atomic E-state index is 6.36. The van der Waals surface area contributed by atoms with Crippen molar-refractivity contribution < 1.29 is 14.2 Å². The molecule has 1 N–H and O–H groups in total. The highest BCUT2D eigenvalue weighted by atomic mass is 79.9. The third-order valence-electron chi connectivity index (χ3n) is 5.93. The van der Waals surface area contributed by atoms with Gasteiger partial charge in [0.25, 0.3) is 0 Å². The molecule has 1 fully saturated rings. The number of benzene rings is 3. The van der Waals surface area contributed by atoms with Gasteiger partial charge < -0.3 is 19.5 Å². The van der Waals surface area contributed by atoms with E-state index >= 15 is 0 Å². The molecule has 1 saturated heterocycles. The highest BCUT2D eigenvalue weighted by Gasteiger charge is 2.27. The minimum atomic E-state index is 0.139. The first-order valence-corrected chi connectivity index (χ1v) is 13.4. The highest BCUT2D eigenvalue weighted by Crippen LogP contribution is 2.30. The molecule has 1 aliphatic rings. The zero-order valence-corrected chi connectivity index (χ0v) is 22.4. The molecule has 2 unspecified atom stereocenters. The predicted molar refractivity (Wildman–Crippen MR) is 143 cm³/mol. The SMILES string of the molecule is Brc1cc(Br)cc(COC2CNCCC2c2ccc(OCCCOCc3ccccc3)cc2)c1. The summed E-state index contributed by atoms with van der Waals surface area (Å²) in [5, 5.41) is 3.48. The van der Waals surface area contributed by atoms with E-state index in [1.165, 1.54) is 11.1 Å². The molecule has 0 spiro atoms. The predicted octanol–water partition coefficient (Wildman–Crippen LogP) is 6.86. The van der Waals surface area contributed by atoms with E-state index in [0.717, 1.165) is 46.2 Å². The van der Waals surface area contributed by atoms with Gasteiger partial charge in [0.1, 0.15) is 5.75 Å². The van der Waals surface area contributed by atoms with Crippen molar-refractivity contribution in [3.63, 3.8) is 0 Å². The van der Waals surface area contributed by atoms with Crippen LogP contribution in [-0.2, 0) is 22.7 Å². The molecule has 0 radical (unpaired) electrons. The van der Waals surface area contributed by atoms with Crippen LogP contribution in [0.3, 0.4) is 0 Å². The Labute approximate surface area is 219 Å². The van der Waals surface area contributed by atoms with Crippen LogP contribution in [0.25, 0.3) is 0 Å². The smallest absolute Gasteiger partial charge is 0.119 e. The van der Waals surface area contributed by atoms with Crippen LogP contribution in [-0.4, -0.2) is 32.4 Å². The number of nitrogens with one attached hydrogen (secondary N) is 1. The van der Waals surface area contributed by atoms with Gasteiger partial charge >= 0.3 is 0 Å². The molecule has 0 bridgehead atoms. The molecule has 180 valence electrons. The average Bonchev–Trinajstić information content (AvgIpc) is 2.85. The summed E-state index contributed by atoms with van der Waals surface area (Å²) in [5.41, 5.74) is 3.66. The molecule has 0 saturated carbocycles. The van der Waals surface area contributed by atoms with Gasteiger partial charge in [-0.05, 0) is 60.0 Å². The molecule has 4 nitrogen and oxygen atoms in total. The highest BCUT2D eigenvalue weighted by molar-refractivity contribution is 9.11. The normalized spacial score (nSPS) is 18.1. The molecule has 0 amide bonds. The Bertz CT molecular complexity index is 994. The molecule has 3 aromatic carbocycles. The third kappa shape index (κ3) is 7.92. The van der Waals surface area contributed by atoms with Crippen molar-refractivity contribution in [3.05, 3.63) is 98.4 Å². The van der Waals surface area contributed by atoms with Crippen LogP contribution in [0, 0.1) is 0 Å². The first kappa shape index (κ1) is 25.4. The van der Waals surface area contributed by atoms with Gasteiger partial charge in [0.15, 0.2) is 0 Å². The van der Waals surface area contributed by atoms with Crippen molar-refractivity contribution in [2.24, 2.45) is 0 Å². The van der Waals surface area contributed by atoms with Crippen molar-refractivity contribution in [2.45, 2.75) is 38.1 Å². The summed E-state index contributed by atoms with van der Waals surface area (Å²) in [6, 6.07) is 25.0. The van der Waals surface area contributed by atoms with Crippen molar-refractivity contribution in [2.75, 3.05) is 26.3 Å². The van der Waals surface area contributed by atoms with Crippen molar-refractivity contribution in [1.82, 2.24) is 5.32 Å². The minimum Gasteiger partial charge on any atom is -0.494 e. The Hall–Kier alpha value is -1.70. The van der Waals surface area contributed by atoms with E-state index in [4.69, 9.17) is 14.2 Å². The summed E-state index contributed by atoms with van der Waals surface area (Å²) in [7, 11) is 0. The maximum atomic E-state index is 6.36. The van der Waals surface area contributed by atoms with Gasteiger partial charge in [-0.25, -0.2) is 0 Å². The first-order valence-electron chi connectivity index (χ1n) is 11.8. The van der Waals surface area contributed by atoms with E-state index in [9.17, 15) is 0 Å². The number of hydrogen-bond acceptors (Lipinski definition) is 4. The van der Waals surface area contributed by atoms with Crippen LogP contribution in [0.2, 0.25) is 0 Å². The molecular weight excluding hydrogens is 558 g/mol. The second-order valence-electron chi connectivity index (χ2n) is 8.54. The number of hydrogen-bond donors (Lipinski definition) is 1. The lowest BCUT2D eigenvalue weighted by atomic mass is 9.87. The second kappa shape index (κ2) is 13.4. The van der Waals surface area contributed by atoms with Gasteiger partial charge in [0, 0.05) is 27.8 Å². The number of piperidine rings is 1. The summed E-state index contributed by atoms with van der Waals surface area (Å²) in [4.78, 5) is 0. The van der Waals surface area contributed by atoms with E-state index in [1.807, 2.05) is 24.3 Å². The zero-order valence-electron chi connectivity index (χ0n) is 19.2. The van der Waals surface area contributed by atoms with Crippen LogP contribution in [0.15, 0.2) is 81.7 Å². The maximum Gasteiger partial charge on any atom is 0.119 e. The summed E-state index contributed by atoms with van der Waals surface area (Å²) in [6.07, 6.45) is 2.07. The summed E-state index contributed by atoms with van der Waals surface area (Å²) in [6.45, 7) is 4.45. The summed E-state index contributed by atoms with van der Waals surface area (Å²) < 4.78 is 20.1. The van der Waals surface area contributed by atoms with Crippen LogP contribution < -0.4 is 10.1 Å². The molecular formula is C28H31Br2NO3. The monoisotopic (exact) mass is 587 g/mol. The molecule has 2 atom stereocenters. The number of ether oxygens (including phenoxy) is 3. The van der Waals surface area contributed by atoms with Crippen molar-refractivity contribution in [3.8, 4) is 5.75 Å². The lowest BCUT2D eigenvalue weighted by molar-refractivity contribution is 0.0106. The van der Waals surface area contributed by atoms with Crippen LogP contribution in [0.5, 0.6) is 5.75 Å². The van der Waals surface area contributed by atoms with Crippen molar-refractivity contribution in [1.29, 1.82) is 0 Å². The standard InChI is InChI=1S/C28H31Br2NO3/c29-24-15-22(16-25(30)17-24)20-34-28-18-31-12-11-27(28)23-7-9-26(10-8-23)33-14-4-13-32-19-21-5-2-1-3-6-21/h1-3,5-10,15-17,27-28,31H,4,11-14,18-20H2. The summed E-state index contributed by atoms with van der Waals surface area (Å²) in [5.74, 6) is 1.27. The summed E-state index contributed by atoms with van der Waals surface area (Å²) >= 11 is 7.11. The molecule has 0 aromatic heterocycles. The van der Waals surface area contributed by atoms with Crippen molar-refractivity contribution >= 4 is 31.9 Å². The fourth-order valence-electron chi connectivity index (χ4n) is 4.21. The van der Waals surface area contributed by atoms with E-state index < -0.39 is 0 Å². The molecule has 34 heavy (non-hydrogen) atoms. The van der Waals surface area contributed by atoms with E-state index in [-0.39, 0.29) is 6.10 Å². The lowest BCUT2D eigenvalue weighted by Crippen LogP contribution is -2.40. The molecule has 4 rings (SSSR count). The van der Waals surface area contributed by atoms with Crippen LogP contribution in [0.1, 0.15) is 35.4 Å². The molecule has 0 aliphatic carbocycles. The third-order valence-corrected chi connectivity index (χ3v) is 6.85. The minimum absolute atomic E-state index is 0.139. The Morgan fingerprint density at radius 2 is 1.59 bits per heavy atom. The quantitative estimate of drug-likeness (QED) is 0.248. The van der Waals surface area contributed by atoms with E-state index in [2.05, 4.69) is 85.7 Å². The molecule has 1 heterocycles. The number of halogens is 2. The molecule has 1 aliphatic heterocycles. The van der Waals surface area contributed by atoms with Gasteiger partial charge in [-0.2, -0.15) is 0 Å². The zero-order chi connectivity index (χ0) is 23.6. The van der Waals surface area contributed by atoms with Gasteiger partial charge in [-0.3, -0.25) is 0 Å². The molecule has 3 aromatic rings.